The highest BCUT2D eigenvalue weighted by atomic mass is 16.2. The number of nitrogens with zero attached hydrogens (tertiary/aromatic N) is 5. The Balaban J connectivity index is 1.75. The monoisotopic (exact) mass is 325 g/mol. The number of carbonyl (C=O) groups excluding carboxylic acids is 1. The molecule has 1 saturated heterocycles. The normalized spacial score (nSPS) is 17.6. The van der Waals surface area contributed by atoms with E-state index in [9.17, 15) is 4.79 Å². The predicted molar refractivity (Wildman–Crippen MR) is 93.2 cm³/mol. The first-order valence-electron chi connectivity index (χ1n) is 8.26. The van der Waals surface area contributed by atoms with Crippen LogP contribution in [0.5, 0.6) is 0 Å². The Labute approximate surface area is 142 Å². The van der Waals surface area contributed by atoms with E-state index in [0.29, 0.717) is 18.2 Å². The largest absolute Gasteiger partial charge is 0.363 e. The van der Waals surface area contributed by atoms with E-state index in [1.165, 1.54) is 5.56 Å². The summed E-state index contributed by atoms with van der Waals surface area (Å²) < 4.78 is 0. The standard InChI is InChI=1S/C18H23N5O/c1-13-10-21-16(11-20-13)18(24)23-8-4-5-15(12-23)14-6-7-19-17(9-14)22(2)3/h6-7,9-11,15H,4-5,8,12H2,1-3H3/t15-/m1/s1. The average Bonchev–Trinajstić information content (AvgIpc) is 2.62. The van der Waals surface area contributed by atoms with E-state index in [4.69, 9.17) is 0 Å². The van der Waals surface area contributed by atoms with Crippen molar-refractivity contribution in [1.82, 2.24) is 19.9 Å². The molecule has 0 aromatic carbocycles. The Bertz CT molecular complexity index is 714. The van der Waals surface area contributed by atoms with Crippen molar-refractivity contribution in [1.29, 1.82) is 0 Å². The van der Waals surface area contributed by atoms with Gasteiger partial charge in [0.05, 0.1) is 11.9 Å². The van der Waals surface area contributed by atoms with Gasteiger partial charge in [-0.05, 0) is 37.5 Å². The van der Waals surface area contributed by atoms with Crippen molar-refractivity contribution in [2.75, 3.05) is 32.1 Å². The van der Waals surface area contributed by atoms with Gasteiger partial charge in [0.1, 0.15) is 11.5 Å². The van der Waals surface area contributed by atoms with E-state index in [1.54, 1.807) is 12.4 Å². The number of aryl methyl sites for hydroxylation is 1. The highest BCUT2D eigenvalue weighted by Gasteiger charge is 2.26. The number of anilines is 1. The second-order valence-electron chi connectivity index (χ2n) is 6.48. The Morgan fingerprint density at radius 1 is 1.25 bits per heavy atom. The second kappa shape index (κ2) is 6.95. The predicted octanol–water partition coefficient (Wildman–Crippen LogP) is 2.27. The first kappa shape index (κ1) is 16.4. The van der Waals surface area contributed by atoms with Crippen LogP contribution in [0.1, 0.15) is 40.5 Å². The van der Waals surface area contributed by atoms with E-state index in [2.05, 4.69) is 27.1 Å². The van der Waals surface area contributed by atoms with Crippen molar-refractivity contribution in [3.8, 4) is 0 Å². The van der Waals surface area contributed by atoms with Gasteiger partial charge in [-0.15, -0.1) is 0 Å². The number of likely N-dealkylation sites (tertiary alicyclic amines) is 1. The van der Waals surface area contributed by atoms with Crippen LogP contribution in [-0.4, -0.2) is 52.9 Å². The van der Waals surface area contributed by atoms with Crippen molar-refractivity contribution in [3.05, 3.63) is 47.7 Å². The number of hydrogen-bond donors (Lipinski definition) is 0. The number of rotatable bonds is 3. The van der Waals surface area contributed by atoms with Crippen LogP contribution in [0.25, 0.3) is 0 Å². The van der Waals surface area contributed by atoms with E-state index >= 15 is 0 Å². The fraction of sp³-hybridized carbons (Fsp3) is 0.444. The molecule has 0 saturated carbocycles. The zero-order valence-electron chi connectivity index (χ0n) is 14.4. The van der Waals surface area contributed by atoms with Gasteiger partial charge in [-0.3, -0.25) is 9.78 Å². The average molecular weight is 325 g/mol. The molecule has 1 fully saturated rings. The topological polar surface area (TPSA) is 62.2 Å². The van der Waals surface area contributed by atoms with E-state index < -0.39 is 0 Å². The fourth-order valence-electron chi connectivity index (χ4n) is 3.03. The molecule has 3 rings (SSSR count). The smallest absolute Gasteiger partial charge is 0.274 e. The zero-order chi connectivity index (χ0) is 17.1. The lowest BCUT2D eigenvalue weighted by molar-refractivity contribution is 0.0700. The molecule has 24 heavy (non-hydrogen) atoms. The van der Waals surface area contributed by atoms with Crippen molar-refractivity contribution in [2.24, 2.45) is 0 Å². The van der Waals surface area contributed by atoms with Crippen LogP contribution in [-0.2, 0) is 0 Å². The first-order valence-corrected chi connectivity index (χ1v) is 8.26. The maximum Gasteiger partial charge on any atom is 0.274 e. The van der Waals surface area contributed by atoms with Crippen LogP contribution in [0.4, 0.5) is 5.82 Å². The third-order valence-electron chi connectivity index (χ3n) is 4.41. The summed E-state index contributed by atoms with van der Waals surface area (Å²) >= 11 is 0. The summed E-state index contributed by atoms with van der Waals surface area (Å²) in [7, 11) is 3.97. The van der Waals surface area contributed by atoms with Crippen LogP contribution < -0.4 is 4.90 Å². The van der Waals surface area contributed by atoms with Gasteiger partial charge in [0.2, 0.25) is 0 Å². The molecule has 6 heteroatoms. The third kappa shape index (κ3) is 3.53. The van der Waals surface area contributed by atoms with E-state index in [0.717, 1.165) is 30.9 Å². The van der Waals surface area contributed by atoms with Crippen molar-refractivity contribution >= 4 is 11.7 Å². The molecule has 0 aliphatic carbocycles. The Morgan fingerprint density at radius 2 is 2.08 bits per heavy atom. The Morgan fingerprint density at radius 3 is 2.79 bits per heavy atom. The number of pyridine rings is 1. The summed E-state index contributed by atoms with van der Waals surface area (Å²) in [6.07, 6.45) is 7.13. The van der Waals surface area contributed by atoms with Gasteiger partial charge in [0, 0.05) is 45.5 Å². The summed E-state index contributed by atoms with van der Waals surface area (Å²) in [6.45, 7) is 3.35. The molecule has 1 atom stereocenters. The SMILES string of the molecule is Cc1cnc(C(=O)N2CCC[C@@H](c3ccnc(N(C)C)c3)C2)cn1. The molecule has 0 radical (unpaired) electrons. The van der Waals surface area contributed by atoms with Crippen molar-refractivity contribution in [3.63, 3.8) is 0 Å². The number of amides is 1. The molecule has 0 unspecified atom stereocenters. The summed E-state index contributed by atoms with van der Waals surface area (Å²) in [4.78, 5) is 29.3. The Kier molecular flexibility index (Phi) is 4.74. The molecular weight excluding hydrogens is 302 g/mol. The lowest BCUT2D eigenvalue weighted by Crippen LogP contribution is -2.39. The van der Waals surface area contributed by atoms with E-state index in [1.807, 2.05) is 37.0 Å². The summed E-state index contributed by atoms with van der Waals surface area (Å²) in [5.41, 5.74) is 2.47. The van der Waals surface area contributed by atoms with Crippen LogP contribution >= 0.6 is 0 Å². The highest BCUT2D eigenvalue weighted by Crippen LogP contribution is 2.28. The summed E-state index contributed by atoms with van der Waals surface area (Å²) in [5.74, 6) is 1.25. The molecule has 1 aliphatic heterocycles. The fourth-order valence-corrected chi connectivity index (χ4v) is 3.03. The maximum absolute atomic E-state index is 12.7. The van der Waals surface area contributed by atoms with Crippen LogP contribution in [0, 0.1) is 6.92 Å². The molecule has 1 aliphatic rings. The summed E-state index contributed by atoms with van der Waals surface area (Å²) in [5, 5.41) is 0. The quantitative estimate of drug-likeness (QED) is 0.866. The molecule has 1 amide bonds. The van der Waals surface area contributed by atoms with Crippen LogP contribution in [0.2, 0.25) is 0 Å². The van der Waals surface area contributed by atoms with Crippen molar-refractivity contribution < 1.29 is 4.79 Å². The van der Waals surface area contributed by atoms with Gasteiger partial charge in [-0.2, -0.15) is 0 Å². The third-order valence-corrected chi connectivity index (χ3v) is 4.41. The molecule has 6 nitrogen and oxygen atoms in total. The van der Waals surface area contributed by atoms with Gasteiger partial charge in [-0.1, -0.05) is 0 Å². The van der Waals surface area contributed by atoms with Gasteiger partial charge in [-0.25, -0.2) is 9.97 Å². The molecule has 0 spiro atoms. The minimum absolute atomic E-state index is 0.0333. The van der Waals surface area contributed by atoms with Crippen LogP contribution in [0.3, 0.4) is 0 Å². The molecule has 2 aromatic rings. The number of aromatic nitrogens is 3. The molecule has 3 heterocycles. The molecule has 2 aromatic heterocycles. The highest BCUT2D eigenvalue weighted by molar-refractivity contribution is 5.92. The Hall–Kier alpha value is -2.50. The lowest BCUT2D eigenvalue weighted by atomic mass is 9.91. The number of piperidine rings is 1. The number of carbonyl (C=O) groups is 1. The molecule has 126 valence electrons. The lowest BCUT2D eigenvalue weighted by Gasteiger charge is -2.33. The first-order chi connectivity index (χ1) is 11.5. The van der Waals surface area contributed by atoms with E-state index in [-0.39, 0.29) is 5.91 Å². The second-order valence-corrected chi connectivity index (χ2v) is 6.48. The minimum atomic E-state index is -0.0333. The molecular formula is C18H23N5O. The van der Waals surface area contributed by atoms with Gasteiger partial charge >= 0.3 is 0 Å². The zero-order valence-corrected chi connectivity index (χ0v) is 14.4. The van der Waals surface area contributed by atoms with Crippen LogP contribution in [0.15, 0.2) is 30.7 Å². The summed E-state index contributed by atoms with van der Waals surface area (Å²) in [6, 6.07) is 4.17. The van der Waals surface area contributed by atoms with Gasteiger partial charge in [0.15, 0.2) is 0 Å². The molecule has 0 N–H and O–H groups in total. The molecule has 0 bridgehead atoms. The maximum atomic E-state index is 12.7. The van der Waals surface area contributed by atoms with Gasteiger partial charge < -0.3 is 9.80 Å². The van der Waals surface area contributed by atoms with Gasteiger partial charge in [0.25, 0.3) is 5.91 Å². The number of hydrogen-bond acceptors (Lipinski definition) is 5. The minimum Gasteiger partial charge on any atom is -0.363 e. The van der Waals surface area contributed by atoms with Crippen molar-refractivity contribution in [2.45, 2.75) is 25.7 Å².